The van der Waals surface area contributed by atoms with Crippen LogP contribution in [0.1, 0.15) is 43.3 Å². The Morgan fingerprint density at radius 1 is 1.31 bits per heavy atom. The topological polar surface area (TPSA) is 125 Å². The molecule has 26 heavy (non-hydrogen) atoms. The maximum absolute atomic E-state index is 10.3. The quantitative estimate of drug-likeness (QED) is 0.598. The van der Waals surface area contributed by atoms with Gasteiger partial charge >= 0.3 is 0 Å². The second-order valence-electron chi connectivity index (χ2n) is 6.83. The Labute approximate surface area is 150 Å². The van der Waals surface area contributed by atoms with Gasteiger partial charge < -0.3 is 25.4 Å². The van der Waals surface area contributed by atoms with Gasteiger partial charge in [-0.05, 0) is 18.9 Å². The molecule has 0 unspecified atom stereocenters. The van der Waals surface area contributed by atoms with Crippen LogP contribution in [-0.4, -0.2) is 65.9 Å². The Morgan fingerprint density at radius 3 is 2.73 bits per heavy atom. The molecule has 0 radical (unpaired) electrons. The van der Waals surface area contributed by atoms with E-state index in [0.717, 1.165) is 12.8 Å². The van der Waals surface area contributed by atoms with Crippen molar-refractivity contribution in [2.24, 2.45) is 0 Å². The van der Waals surface area contributed by atoms with Gasteiger partial charge in [0.05, 0.1) is 18.5 Å². The fourth-order valence-corrected chi connectivity index (χ4v) is 3.70. The number of aliphatic hydroxyl groups is 3. The van der Waals surface area contributed by atoms with E-state index in [1.54, 1.807) is 16.8 Å². The van der Waals surface area contributed by atoms with E-state index in [4.69, 9.17) is 4.74 Å². The standard InChI is InChI=1S/C17H23N5O4/c1-2-12-20-16(19-9-5-3-4-6-9)17-18-7-10(22(17)21-12)15-14(25)13(24)11(8-23)26-15/h2,7,9,11,13-15,23-25H,1,3-6,8H2,(H,19,20,21)/t11-,13-,14-,15+/m1/s1. The first kappa shape index (κ1) is 17.3. The van der Waals surface area contributed by atoms with Crippen LogP contribution in [0.4, 0.5) is 5.82 Å². The highest BCUT2D eigenvalue weighted by Gasteiger charge is 2.44. The van der Waals surface area contributed by atoms with Gasteiger partial charge in [-0.25, -0.2) is 14.5 Å². The minimum absolute atomic E-state index is 0.348. The third-order valence-electron chi connectivity index (χ3n) is 5.12. The largest absolute Gasteiger partial charge is 0.394 e. The van der Waals surface area contributed by atoms with Crippen LogP contribution >= 0.6 is 0 Å². The maximum Gasteiger partial charge on any atom is 0.197 e. The average molecular weight is 361 g/mol. The molecule has 140 valence electrons. The monoisotopic (exact) mass is 361 g/mol. The summed E-state index contributed by atoms with van der Waals surface area (Å²) >= 11 is 0. The summed E-state index contributed by atoms with van der Waals surface area (Å²) in [5.41, 5.74) is 1.01. The molecule has 4 atom stereocenters. The minimum Gasteiger partial charge on any atom is -0.394 e. The van der Waals surface area contributed by atoms with Crippen LogP contribution in [0, 0.1) is 0 Å². The Kier molecular flexibility index (Phi) is 4.62. The van der Waals surface area contributed by atoms with Gasteiger partial charge in [-0.2, -0.15) is 0 Å². The third kappa shape index (κ3) is 2.86. The molecule has 2 aromatic heterocycles. The third-order valence-corrected chi connectivity index (χ3v) is 5.12. The van der Waals surface area contributed by atoms with E-state index < -0.39 is 24.4 Å². The van der Waals surface area contributed by atoms with Crippen LogP contribution < -0.4 is 5.32 Å². The highest BCUT2D eigenvalue weighted by atomic mass is 16.6. The predicted molar refractivity (Wildman–Crippen MR) is 93.5 cm³/mol. The molecular weight excluding hydrogens is 338 g/mol. The summed E-state index contributed by atoms with van der Waals surface area (Å²) in [7, 11) is 0. The van der Waals surface area contributed by atoms with Crippen LogP contribution in [0.3, 0.4) is 0 Å². The average Bonchev–Trinajstić information content (AvgIpc) is 3.36. The second-order valence-corrected chi connectivity index (χ2v) is 6.83. The van der Waals surface area contributed by atoms with Gasteiger partial charge in [-0.1, -0.05) is 19.4 Å². The number of hydrogen-bond acceptors (Lipinski definition) is 8. The van der Waals surface area contributed by atoms with Crippen LogP contribution in [0.5, 0.6) is 0 Å². The van der Waals surface area contributed by atoms with Crippen LogP contribution in [0.15, 0.2) is 12.8 Å². The smallest absolute Gasteiger partial charge is 0.197 e. The van der Waals surface area contributed by atoms with Gasteiger partial charge in [0.2, 0.25) is 0 Å². The van der Waals surface area contributed by atoms with E-state index in [2.05, 4.69) is 27.0 Å². The van der Waals surface area contributed by atoms with Gasteiger partial charge in [0.25, 0.3) is 0 Å². The van der Waals surface area contributed by atoms with Crippen LogP contribution in [0.2, 0.25) is 0 Å². The molecule has 1 saturated carbocycles. The van der Waals surface area contributed by atoms with Gasteiger partial charge in [-0.15, -0.1) is 5.10 Å². The lowest BCUT2D eigenvalue weighted by Crippen LogP contribution is -2.32. The van der Waals surface area contributed by atoms with Crippen molar-refractivity contribution in [3.05, 3.63) is 24.3 Å². The Hall–Kier alpha value is -2.07. The number of anilines is 1. The molecule has 9 nitrogen and oxygen atoms in total. The van der Waals surface area contributed by atoms with Crippen molar-refractivity contribution in [1.29, 1.82) is 0 Å². The highest BCUT2D eigenvalue weighted by Crippen LogP contribution is 2.34. The van der Waals surface area contributed by atoms with Crippen molar-refractivity contribution < 1.29 is 20.1 Å². The zero-order chi connectivity index (χ0) is 18.3. The minimum atomic E-state index is -1.18. The van der Waals surface area contributed by atoms with Crippen LogP contribution in [0.25, 0.3) is 11.7 Å². The fraction of sp³-hybridized carbons (Fsp3) is 0.588. The number of fused-ring (bicyclic) bond motifs is 1. The molecule has 0 spiro atoms. The molecule has 4 rings (SSSR count). The van der Waals surface area contributed by atoms with Crippen molar-refractivity contribution in [3.63, 3.8) is 0 Å². The number of rotatable bonds is 5. The Bertz CT molecular complexity index is 804. The zero-order valence-corrected chi connectivity index (χ0v) is 14.3. The van der Waals surface area contributed by atoms with Crippen LogP contribution in [-0.2, 0) is 4.74 Å². The fourth-order valence-electron chi connectivity index (χ4n) is 3.70. The first-order valence-corrected chi connectivity index (χ1v) is 8.89. The van der Waals surface area contributed by atoms with E-state index in [1.165, 1.54) is 12.8 Å². The number of nitrogens with one attached hydrogen (secondary N) is 1. The van der Waals surface area contributed by atoms with Gasteiger partial charge in [0.1, 0.15) is 24.4 Å². The molecule has 2 fully saturated rings. The summed E-state index contributed by atoms with van der Waals surface area (Å²) in [4.78, 5) is 8.87. The molecule has 0 aromatic carbocycles. The molecule has 0 amide bonds. The number of imidazole rings is 1. The summed E-state index contributed by atoms with van der Waals surface area (Å²) in [6.07, 6.45) is 3.60. The molecule has 1 aliphatic heterocycles. The van der Waals surface area contributed by atoms with Crippen molar-refractivity contribution >= 4 is 17.5 Å². The van der Waals surface area contributed by atoms with E-state index in [-0.39, 0.29) is 6.61 Å². The van der Waals surface area contributed by atoms with E-state index in [0.29, 0.717) is 29.0 Å². The van der Waals surface area contributed by atoms with Crippen molar-refractivity contribution in [2.45, 2.75) is 56.1 Å². The summed E-state index contributed by atoms with van der Waals surface area (Å²) in [6.45, 7) is 3.35. The molecular formula is C17H23N5O4. The van der Waals surface area contributed by atoms with Crippen molar-refractivity contribution in [1.82, 2.24) is 19.6 Å². The Balaban J connectivity index is 1.74. The maximum atomic E-state index is 10.3. The zero-order valence-electron chi connectivity index (χ0n) is 14.3. The lowest BCUT2D eigenvalue weighted by atomic mass is 10.1. The number of aliphatic hydroxyl groups excluding tert-OH is 3. The molecule has 9 heteroatoms. The molecule has 1 saturated heterocycles. The second kappa shape index (κ2) is 6.92. The molecule has 1 aliphatic carbocycles. The van der Waals surface area contributed by atoms with Gasteiger partial charge in [0, 0.05) is 6.04 Å². The van der Waals surface area contributed by atoms with Crippen molar-refractivity contribution in [3.8, 4) is 0 Å². The highest BCUT2D eigenvalue weighted by molar-refractivity contribution is 5.64. The summed E-state index contributed by atoms with van der Waals surface area (Å²) in [6, 6.07) is 0.348. The predicted octanol–water partition coefficient (Wildman–Crippen LogP) is 0.276. The van der Waals surface area contributed by atoms with Crippen molar-refractivity contribution in [2.75, 3.05) is 11.9 Å². The molecule has 3 heterocycles. The Morgan fingerprint density at radius 2 is 2.08 bits per heavy atom. The van der Waals surface area contributed by atoms with E-state index in [1.807, 2.05) is 0 Å². The van der Waals surface area contributed by atoms with Gasteiger partial charge in [0.15, 0.2) is 17.3 Å². The van der Waals surface area contributed by atoms with E-state index in [9.17, 15) is 15.3 Å². The number of ether oxygens (including phenoxy) is 1. The number of nitrogens with zero attached hydrogens (tertiary/aromatic N) is 4. The normalized spacial score (nSPS) is 29.5. The number of aromatic nitrogens is 4. The molecule has 0 bridgehead atoms. The summed E-state index contributed by atoms with van der Waals surface area (Å²) in [5, 5.41) is 37.4. The summed E-state index contributed by atoms with van der Waals surface area (Å²) in [5.74, 6) is 1.03. The van der Waals surface area contributed by atoms with E-state index >= 15 is 0 Å². The molecule has 4 N–H and O–H groups in total. The lowest BCUT2D eigenvalue weighted by Gasteiger charge is -2.16. The SMILES string of the molecule is C=Cc1nc(NC2CCCC2)c2ncc([C@@H]3O[C@H](CO)[C@@H](O)[C@H]3O)n2n1. The number of hydrogen-bond donors (Lipinski definition) is 4. The first-order valence-electron chi connectivity index (χ1n) is 8.89. The van der Waals surface area contributed by atoms with Gasteiger partial charge in [-0.3, -0.25) is 0 Å². The summed E-state index contributed by atoms with van der Waals surface area (Å²) < 4.78 is 7.17. The lowest BCUT2D eigenvalue weighted by molar-refractivity contribution is -0.0244. The molecule has 2 aliphatic rings. The molecule has 2 aromatic rings. The first-order chi connectivity index (χ1) is 12.6.